The summed E-state index contributed by atoms with van der Waals surface area (Å²) in [5.74, 6) is -0.845. The van der Waals surface area contributed by atoms with Crippen molar-refractivity contribution in [3.8, 4) is 0 Å². The van der Waals surface area contributed by atoms with Crippen LogP contribution in [-0.2, 0) is 18.1 Å². The molecule has 0 bridgehead atoms. The molecule has 21 heavy (non-hydrogen) atoms. The monoisotopic (exact) mass is 345 g/mol. The first-order valence-electron chi connectivity index (χ1n) is 6.40. The highest BCUT2D eigenvalue weighted by molar-refractivity contribution is 6.62. The van der Waals surface area contributed by atoms with Crippen molar-refractivity contribution >= 4 is 27.2 Å². The van der Waals surface area contributed by atoms with Gasteiger partial charge in [0.25, 0.3) is 0 Å². The molecule has 8 heteroatoms. The van der Waals surface area contributed by atoms with E-state index in [-0.39, 0.29) is 18.6 Å². The van der Waals surface area contributed by atoms with Crippen LogP contribution in [0.1, 0.15) is 40.5 Å². The highest BCUT2D eigenvalue weighted by Crippen LogP contribution is 2.29. The molecule has 0 heterocycles. The van der Waals surface area contributed by atoms with Crippen molar-refractivity contribution in [1.29, 1.82) is 0 Å². The summed E-state index contributed by atoms with van der Waals surface area (Å²) in [7, 11) is 2.65. The van der Waals surface area contributed by atoms with Gasteiger partial charge in [0, 0.05) is 32.4 Å². The average Bonchev–Trinajstić information content (AvgIpc) is 2.44. The number of aliphatic carboxylic acids is 1. The van der Waals surface area contributed by atoms with Gasteiger partial charge in [-0.1, -0.05) is 19.9 Å². The zero-order valence-corrected chi connectivity index (χ0v) is 16.1. The third-order valence-corrected chi connectivity index (χ3v) is 6.63. The van der Waals surface area contributed by atoms with Gasteiger partial charge < -0.3 is 24.5 Å². The predicted octanol–water partition coefficient (Wildman–Crippen LogP) is 3.68. The minimum atomic E-state index is -2.35. The molecule has 0 aromatic heterocycles. The maximum Gasteiger partial charge on any atom is 0.503 e. The Morgan fingerprint density at radius 2 is 1.48 bits per heavy atom. The van der Waals surface area contributed by atoms with Gasteiger partial charge in [0.05, 0.1) is 0 Å². The van der Waals surface area contributed by atoms with Crippen molar-refractivity contribution in [1.82, 2.24) is 6.15 Å². The van der Waals surface area contributed by atoms with Gasteiger partial charge >= 0.3 is 14.8 Å². The predicted molar refractivity (Wildman–Crippen MR) is 90.4 cm³/mol. The number of carboxylic acid groups (broad SMARTS) is 1. The van der Waals surface area contributed by atoms with Crippen molar-refractivity contribution < 1.29 is 23.2 Å². The molecule has 0 aromatic rings. The van der Waals surface area contributed by atoms with Gasteiger partial charge in [-0.15, -0.1) is 12.4 Å². The zero-order valence-electron chi connectivity index (χ0n) is 14.3. The molecule has 0 saturated carbocycles. The maximum atomic E-state index is 9.86. The summed E-state index contributed by atoms with van der Waals surface area (Å²) in [4.78, 5) is 9.86. The molecule has 0 radical (unpaired) electrons. The molecule has 0 unspecified atom stereocenters. The summed E-state index contributed by atoms with van der Waals surface area (Å²) in [6.07, 6.45) is 3.64. The number of carboxylic acids is 1. The lowest BCUT2D eigenvalue weighted by Gasteiger charge is -2.31. The summed E-state index contributed by atoms with van der Waals surface area (Å²) < 4.78 is 16.1. The van der Waals surface area contributed by atoms with E-state index in [1.807, 2.05) is 0 Å². The summed E-state index contributed by atoms with van der Waals surface area (Å²) in [6.45, 7) is 7.52. The van der Waals surface area contributed by atoms with Crippen molar-refractivity contribution in [2.45, 2.75) is 46.1 Å². The van der Waals surface area contributed by atoms with Crippen molar-refractivity contribution in [3.05, 3.63) is 11.6 Å². The largest absolute Gasteiger partial charge is 0.503 e. The quantitative estimate of drug-likeness (QED) is 0.539. The molecule has 0 fully saturated rings. The Bertz CT molecular complexity index is 273. The molecule has 0 saturated heterocycles. The fraction of sp³-hybridized carbons (Fsp3) is 0.769. The van der Waals surface area contributed by atoms with Crippen LogP contribution in [-0.4, -0.2) is 41.2 Å². The van der Waals surface area contributed by atoms with Crippen LogP contribution in [0.15, 0.2) is 11.6 Å². The highest BCUT2D eigenvalue weighted by atomic mass is 35.5. The Hall–Kier alpha value is -0.443. The summed E-state index contributed by atoms with van der Waals surface area (Å²) in [6, 6.07) is 0. The van der Waals surface area contributed by atoms with Gasteiger partial charge in [-0.05, 0) is 26.7 Å². The van der Waals surface area contributed by atoms with Crippen LogP contribution >= 0.6 is 12.4 Å². The second-order valence-electron chi connectivity index (χ2n) is 4.01. The first-order chi connectivity index (χ1) is 8.88. The Morgan fingerprint density at radius 3 is 1.52 bits per heavy atom. The van der Waals surface area contributed by atoms with Crippen LogP contribution in [0.2, 0.25) is 5.54 Å². The molecule has 130 valence electrons. The Morgan fingerprint density at radius 1 is 1.14 bits per heavy atom. The molecule has 0 rings (SSSR count). The van der Waals surface area contributed by atoms with E-state index in [9.17, 15) is 4.79 Å². The molecule has 0 amide bonds. The summed E-state index contributed by atoms with van der Waals surface area (Å²) in [5, 5.41) is 8.11. The van der Waals surface area contributed by atoms with Crippen LogP contribution in [0.5, 0.6) is 0 Å². The molecular weight excluding hydrogens is 314 g/mol. The minimum absolute atomic E-state index is 0. The first kappa shape index (κ1) is 28.7. The second-order valence-corrected chi connectivity index (χ2v) is 7.25. The number of hydrogen-bond acceptors (Lipinski definition) is 5. The third-order valence-electron chi connectivity index (χ3n) is 3.11. The molecule has 0 aliphatic carbocycles. The van der Waals surface area contributed by atoms with E-state index in [0.717, 1.165) is 12.8 Å². The van der Waals surface area contributed by atoms with E-state index < -0.39 is 14.8 Å². The van der Waals surface area contributed by atoms with Gasteiger partial charge in [0.2, 0.25) is 0 Å². The topological polar surface area (TPSA) is 100.0 Å². The van der Waals surface area contributed by atoms with Crippen molar-refractivity contribution in [3.63, 3.8) is 0 Å². The fourth-order valence-electron chi connectivity index (χ4n) is 1.66. The zero-order chi connectivity index (χ0) is 15.5. The molecule has 0 aromatic carbocycles. The Labute approximate surface area is 136 Å². The molecule has 0 spiro atoms. The lowest BCUT2D eigenvalue weighted by atomic mass is 10.3. The van der Waals surface area contributed by atoms with Crippen LogP contribution < -0.4 is 6.15 Å². The number of halogens is 1. The second kappa shape index (κ2) is 15.9. The molecular formula is C13H32ClNO5Si. The molecule has 6 nitrogen and oxygen atoms in total. The lowest BCUT2D eigenvalue weighted by Crippen LogP contribution is -2.47. The minimum Gasteiger partial charge on any atom is -0.478 e. The fourth-order valence-corrected chi connectivity index (χ4v) is 4.16. The standard InChI is InChI=1S/C8H20O3Si.C5H8O2.ClH.H3N/c1-6-8(7-2)12(9-3,10-4)11-5;1-3-4(2)5(6)7;;/h8H,6-7H2,1-5H3;3H,1-2H3,(H,6,7);1H;1H3. The van der Waals surface area contributed by atoms with Crippen molar-refractivity contribution in [2.75, 3.05) is 21.3 Å². The van der Waals surface area contributed by atoms with Crippen molar-refractivity contribution in [2.24, 2.45) is 0 Å². The van der Waals surface area contributed by atoms with E-state index in [1.54, 1.807) is 41.3 Å². The molecule has 0 atom stereocenters. The SMILES string of the molecule is CC=C(C)C(=O)O.CCC(CC)[Si](OC)(OC)OC.Cl.N. The number of hydrogen-bond donors (Lipinski definition) is 2. The van der Waals surface area contributed by atoms with Crippen LogP contribution in [0.25, 0.3) is 0 Å². The summed E-state index contributed by atoms with van der Waals surface area (Å²) in [5.41, 5.74) is 0.803. The van der Waals surface area contributed by atoms with E-state index >= 15 is 0 Å². The third kappa shape index (κ3) is 10.00. The van der Waals surface area contributed by atoms with Gasteiger partial charge in [-0.25, -0.2) is 4.79 Å². The van der Waals surface area contributed by atoms with Gasteiger partial charge in [-0.3, -0.25) is 0 Å². The van der Waals surface area contributed by atoms with E-state index in [1.165, 1.54) is 0 Å². The number of rotatable bonds is 7. The van der Waals surface area contributed by atoms with E-state index in [4.69, 9.17) is 18.4 Å². The Balaban J connectivity index is -0.000000140. The normalized spacial score (nSPS) is 11.0. The van der Waals surface area contributed by atoms with E-state index in [2.05, 4.69) is 13.8 Å². The van der Waals surface area contributed by atoms with Gasteiger partial charge in [0.1, 0.15) is 0 Å². The smallest absolute Gasteiger partial charge is 0.478 e. The van der Waals surface area contributed by atoms with Gasteiger partial charge in [-0.2, -0.15) is 0 Å². The van der Waals surface area contributed by atoms with Crippen LogP contribution in [0, 0.1) is 0 Å². The van der Waals surface area contributed by atoms with Crippen LogP contribution in [0.3, 0.4) is 0 Å². The van der Waals surface area contributed by atoms with Crippen LogP contribution in [0.4, 0.5) is 0 Å². The van der Waals surface area contributed by atoms with E-state index in [0.29, 0.717) is 11.1 Å². The first-order valence-corrected chi connectivity index (χ1v) is 8.20. The summed E-state index contributed by atoms with van der Waals surface area (Å²) >= 11 is 0. The number of carbonyl (C=O) groups is 1. The number of allylic oxidation sites excluding steroid dienone is 1. The lowest BCUT2D eigenvalue weighted by molar-refractivity contribution is -0.132. The molecule has 0 aliphatic rings. The molecule has 0 aliphatic heterocycles. The highest BCUT2D eigenvalue weighted by Gasteiger charge is 2.44. The van der Waals surface area contributed by atoms with Gasteiger partial charge in [0.15, 0.2) is 0 Å². The molecule has 4 N–H and O–H groups in total. The maximum absolute atomic E-state index is 9.86. The average molecular weight is 346 g/mol. The Kier molecular flexibility index (Phi) is 21.8.